The van der Waals surface area contributed by atoms with Crippen LogP contribution in [0.15, 0.2) is 41.2 Å². The number of carbonyl (C=O) groups is 1. The fourth-order valence-electron chi connectivity index (χ4n) is 4.10. The highest BCUT2D eigenvalue weighted by Gasteiger charge is 2.26. The number of carbonyl (C=O) groups excluding carboxylic acids is 1. The Morgan fingerprint density at radius 1 is 1.20 bits per heavy atom. The zero-order valence-corrected chi connectivity index (χ0v) is 17.5. The fraction of sp³-hybridized carbons (Fsp3) is 0.409. The molecule has 3 aliphatic rings. The summed E-state index contributed by atoms with van der Waals surface area (Å²) in [6.07, 6.45) is 8.91. The summed E-state index contributed by atoms with van der Waals surface area (Å²) in [5.41, 5.74) is 4.78. The van der Waals surface area contributed by atoms with Gasteiger partial charge in [-0.25, -0.2) is 9.44 Å². The van der Waals surface area contributed by atoms with Gasteiger partial charge in [-0.15, -0.1) is 4.99 Å². The average molecular weight is 425 g/mol. The van der Waals surface area contributed by atoms with Gasteiger partial charge in [0.1, 0.15) is 0 Å². The van der Waals surface area contributed by atoms with Crippen LogP contribution in [0.4, 0.5) is 0 Å². The lowest BCUT2D eigenvalue weighted by Crippen LogP contribution is -2.47. The van der Waals surface area contributed by atoms with Crippen LogP contribution in [0.1, 0.15) is 54.7 Å². The van der Waals surface area contributed by atoms with Crippen LogP contribution in [0.3, 0.4) is 0 Å². The number of ketones is 1. The molecule has 1 saturated heterocycles. The third-order valence-electron chi connectivity index (χ3n) is 5.80. The Bertz CT molecular complexity index is 1100. The summed E-state index contributed by atoms with van der Waals surface area (Å²) in [4.78, 5) is 20.2. The van der Waals surface area contributed by atoms with Crippen LogP contribution in [-0.4, -0.2) is 33.0 Å². The quantitative estimate of drug-likeness (QED) is 0.712. The number of hydrogen-bond acceptors (Lipinski definition) is 4. The van der Waals surface area contributed by atoms with E-state index in [-0.39, 0.29) is 23.9 Å². The smallest absolute Gasteiger partial charge is 0.276 e. The minimum atomic E-state index is -3.39. The number of nitrogens with zero attached hydrogens (tertiary/aromatic N) is 2. The average Bonchev–Trinajstić information content (AvgIpc) is 3.24. The Morgan fingerprint density at radius 3 is 2.67 bits per heavy atom. The SMILES string of the molecule is [C-]#[N+]C1=CCC(C(=O)Cc2ccc(C3CNS(=O)(=O)NC3)cc2C2=CCCCC2)=N1. The van der Waals surface area contributed by atoms with Gasteiger partial charge in [0.2, 0.25) is 5.78 Å². The molecule has 2 N–H and O–H groups in total. The predicted octanol–water partition coefficient (Wildman–Crippen LogP) is 2.88. The zero-order chi connectivity index (χ0) is 21.1. The number of hydrogen-bond donors (Lipinski definition) is 2. The summed E-state index contributed by atoms with van der Waals surface area (Å²) in [5.74, 6) is 0.268. The number of allylic oxidation sites excluding steroid dienone is 3. The molecule has 1 aromatic rings. The lowest BCUT2D eigenvalue weighted by Gasteiger charge is -2.25. The molecule has 0 radical (unpaired) electrons. The van der Waals surface area contributed by atoms with E-state index < -0.39 is 10.2 Å². The summed E-state index contributed by atoms with van der Waals surface area (Å²) in [7, 11) is -3.39. The van der Waals surface area contributed by atoms with Crippen LogP contribution in [-0.2, 0) is 21.4 Å². The normalized spacial score (nSPS) is 21.4. The summed E-state index contributed by atoms with van der Waals surface area (Å²) < 4.78 is 28.3. The molecule has 1 aliphatic carbocycles. The van der Waals surface area contributed by atoms with Crippen molar-refractivity contribution in [1.29, 1.82) is 0 Å². The zero-order valence-electron chi connectivity index (χ0n) is 16.6. The van der Waals surface area contributed by atoms with Crippen molar-refractivity contribution in [3.05, 3.63) is 64.3 Å². The molecule has 156 valence electrons. The van der Waals surface area contributed by atoms with E-state index in [0.717, 1.165) is 36.0 Å². The van der Waals surface area contributed by atoms with E-state index in [9.17, 15) is 13.2 Å². The van der Waals surface area contributed by atoms with Crippen LogP contribution in [0, 0.1) is 6.57 Å². The highest BCUT2D eigenvalue weighted by molar-refractivity contribution is 7.87. The van der Waals surface area contributed by atoms with Crippen molar-refractivity contribution in [2.45, 2.75) is 44.4 Å². The molecule has 2 heterocycles. The standard InChI is InChI=1S/C22H24N4O3S/c1-23-22-10-9-20(26-22)21(27)12-17-8-7-16(18-13-24-30(28,29)25-14-18)11-19(17)15-5-3-2-4-6-15/h5,7-8,10-11,18,24-25H,2-4,6,9,12-14H2. The molecule has 30 heavy (non-hydrogen) atoms. The van der Waals surface area contributed by atoms with Crippen LogP contribution < -0.4 is 9.44 Å². The van der Waals surface area contributed by atoms with Crippen LogP contribution in [0.2, 0.25) is 0 Å². The van der Waals surface area contributed by atoms with Gasteiger partial charge < -0.3 is 4.85 Å². The lowest BCUT2D eigenvalue weighted by atomic mass is 9.85. The highest BCUT2D eigenvalue weighted by atomic mass is 32.2. The monoisotopic (exact) mass is 424 g/mol. The fourth-order valence-corrected chi connectivity index (χ4v) is 5.05. The minimum absolute atomic E-state index is 0.0332. The lowest BCUT2D eigenvalue weighted by molar-refractivity contribution is -0.112. The van der Waals surface area contributed by atoms with Gasteiger partial charge in [0.25, 0.3) is 16.0 Å². The summed E-state index contributed by atoms with van der Waals surface area (Å²) in [5, 5.41) is 0. The molecular weight excluding hydrogens is 400 g/mol. The van der Waals surface area contributed by atoms with Gasteiger partial charge in [0.05, 0.1) is 0 Å². The molecule has 1 aromatic carbocycles. The second kappa shape index (κ2) is 8.64. The van der Waals surface area contributed by atoms with Gasteiger partial charge in [-0.3, -0.25) is 4.79 Å². The first kappa shape index (κ1) is 20.7. The molecule has 0 atom stereocenters. The topological polar surface area (TPSA) is 92.0 Å². The Kier molecular flexibility index (Phi) is 5.95. The van der Waals surface area contributed by atoms with E-state index in [0.29, 0.717) is 25.2 Å². The second-order valence-electron chi connectivity index (χ2n) is 7.83. The van der Waals surface area contributed by atoms with Gasteiger partial charge in [0, 0.05) is 31.8 Å². The maximum atomic E-state index is 12.8. The van der Waals surface area contributed by atoms with Crippen LogP contribution in [0.25, 0.3) is 10.4 Å². The third kappa shape index (κ3) is 4.59. The Labute approximate surface area is 177 Å². The van der Waals surface area contributed by atoms with E-state index >= 15 is 0 Å². The van der Waals surface area contributed by atoms with Crippen molar-refractivity contribution in [1.82, 2.24) is 9.44 Å². The molecule has 2 aliphatic heterocycles. The Balaban J connectivity index is 1.61. The van der Waals surface area contributed by atoms with Gasteiger partial charge in [-0.1, -0.05) is 36.9 Å². The van der Waals surface area contributed by atoms with E-state index in [2.05, 4.69) is 31.4 Å². The number of aliphatic imine (C=N–C) groups is 1. The Morgan fingerprint density at radius 2 is 2.00 bits per heavy atom. The van der Waals surface area contributed by atoms with E-state index in [4.69, 9.17) is 6.57 Å². The largest absolute Gasteiger partial charge is 0.361 e. The highest BCUT2D eigenvalue weighted by Crippen LogP contribution is 2.32. The number of Topliss-reactive ketones (excluding diaryl/α,β-unsaturated/α-hetero) is 1. The van der Waals surface area contributed by atoms with Gasteiger partial charge >= 0.3 is 0 Å². The van der Waals surface area contributed by atoms with Crippen LogP contribution in [0.5, 0.6) is 0 Å². The third-order valence-corrected chi connectivity index (χ3v) is 6.89. The van der Waals surface area contributed by atoms with Crippen molar-refractivity contribution in [2.24, 2.45) is 4.99 Å². The molecule has 0 unspecified atom stereocenters. The molecule has 0 amide bonds. The molecule has 0 spiro atoms. The molecule has 0 saturated carbocycles. The van der Waals surface area contributed by atoms with Crippen molar-refractivity contribution in [3.63, 3.8) is 0 Å². The summed E-state index contributed by atoms with van der Waals surface area (Å²) in [6.45, 7) is 7.76. The predicted molar refractivity (Wildman–Crippen MR) is 116 cm³/mol. The molecular formula is C22H24N4O3S. The minimum Gasteiger partial charge on any atom is -0.361 e. The molecule has 7 nitrogen and oxygen atoms in total. The molecule has 8 heteroatoms. The number of rotatable bonds is 5. The van der Waals surface area contributed by atoms with Gasteiger partial charge in [-0.2, -0.15) is 8.42 Å². The van der Waals surface area contributed by atoms with Crippen molar-refractivity contribution >= 4 is 27.3 Å². The summed E-state index contributed by atoms with van der Waals surface area (Å²) in [6, 6.07) is 6.09. The Hall–Kier alpha value is -2.60. The van der Waals surface area contributed by atoms with E-state index in [1.165, 1.54) is 12.0 Å². The van der Waals surface area contributed by atoms with Gasteiger partial charge in [0.15, 0.2) is 5.71 Å². The molecule has 1 fully saturated rings. The second-order valence-corrected chi connectivity index (χ2v) is 9.41. The van der Waals surface area contributed by atoms with Gasteiger partial charge in [-0.05, 0) is 47.9 Å². The maximum Gasteiger partial charge on any atom is 0.276 e. The first-order valence-corrected chi connectivity index (χ1v) is 11.7. The van der Waals surface area contributed by atoms with E-state index in [1.807, 2.05) is 12.1 Å². The van der Waals surface area contributed by atoms with Crippen molar-refractivity contribution in [3.8, 4) is 0 Å². The van der Waals surface area contributed by atoms with Crippen molar-refractivity contribution < 1.29 is 13.2 Å². The maximum absolute atomic E-state index is 12.8. The van der Waals surface area contributed by atoms with Crippen molar-refractivity contribution in [2.75, 3.05) is 13.1 Å². The number of benzene rings is 1. The molecule has 0 aromatic heterocycles. The summed E-state index contributed by atoms with van der Waals surface area (Å²) >= 11 is 0. The number of nitrogens with one attached hydrogen (secondary N) is 2. The molecule has 4 rings (SSSR count). The van der Waals surface area contributed by atoms with E-state index in [1.54, 1.807) is 6.08 Å². The van der Waals surface area contributed by atoms with Crippen LogP contribution >= 0.6 is 0 Å². The molecule has 0 bridgehead atoms. The first-order valence-electron chi connectivity index (χ1n) is 10.2. The first-order chi connectivity index (χ1) is 14.4.